The summed E-state index contributed by atoms with van der Waals surface area (Å²) < 4.78 is 33.1. The van der Waals surface area contributed by atoms with Crippen molar-refractivity contribution in [1.29, 1.82) is 0 Å². The summed E-state index contributed by atoms with van der Waals surface area (Å²) in [7, 11) is -3.55. The van der Waals surface area contributed by atoms with Gasteiger partial charge in [-0.25, -0.2) is 13.4 Å². The van der Waals surface area contributed by atoms with Crippen LogP contribution in [0.2, 0.25) is 0 Å². The molecule has 0 saturated carbocycles. The number of nitrogens with one attached hydrogen (secondary N) is 1. The second kappa shape index (κ2) is 9.11. The van der Waals surface area contributed by atoms with E-state index in [1.165, 1.54) is 15.6 Å². The van der Waals surface area contributed by atoms with Crippen LogP contribution in [0, 0.1) is 0 Å². The maximum Gasteiger partial charge on any atom is 0.257 e. The van der Waals surface area contributed by atoms with E-state index in [0.29, 0.717) is 39.8 Å². The number of anilines is 1. The molecule has 0 saturated heterocycles. The first-order valence-corrected chi connectivity index (χ1v) is 12.0. The molecule has 1 aromatic heterocycles. The zero-order valence-electron chi connectivity index (χ0n) is 17.4. The topological polar surface area (TPSA) is 88.6 Å². The molecular formula is C21H25N3O4S2. The van der Waals surface area contributed by atoms with Crippen LogP contribution in [-0.4, -0.2) is 42.8 Å². The Bertz CT molecular complexity index is 1130. The molecule has 160 valence electrons. The largest absolute Gasteiger partial charge is 0.491 e. The molecule has 1 heterocycles. The Morgan fingerprint density at radius 3 is 2.40 bits per heavy atom. The third kappa shape index (κ3) is 4.80. The van der Waals surface area contributed by atoms with Gasteiger partial charge >= 0.3 is 0 Å². The van der Waals surface area contributed by atoms with Crippen LogP contribution in [0.25, 0.3) is 10.2 Å². The maximum absolute atomic E-state index is 12.7. The highest BCUT2D eigenvalue weighted by atomic mass is 32.2. The molecule has 9 heteroatoms. The van der Waals surface area contributed by atoms with Gasteiger partial charge in [0.25, 0.3) is 5.91 Å². The quantitative estimate of drug-likeness (QED) is 0.554. The van der Waals surface area contributed by atoms with Crippen LogP contribution in [0.1, 0.15) is 38.1 Å². The molecule has 0 aliphatic heterocycles. The van der Waals surface area contributed by atoms with Gasteiger partial charge in [-0.2, -0.15) is 4.31 Å². The number of benzene rings is 2. The van der Waals surface area contributed by atoms with Crippen LogP contribution in [0.15, 0.2) is 47.4 Å². The minimum atomic E-state index is -3.55. The van der Waals surface area contributed by atoms with E-state index in [2.05, 4.69) is 10.3 Å². The Hall–Kier alpha value is -2.49. The van der Waals surface area contributed by atoms with Gasteiger partial charge < -0.3 is 4.74 Å². The molecule has 0 bridgehead atoms. The van der Waals surface area contributed by atoms with Gasteiger partial charge in [0.15, 0.2) is 5.13 Å². The van der Waals surface area contributed by atoms with Gasteiger partial charge in [-0.3, -0.25) is 10.1 Å². The Morgan fingerprint density at radius 1 is 1.13 bits per heavy atom. The molecule has 0 radical (unpaired) electrons. The maximum atomic E-state index is 12.7. The van der Waals surface area contributed by atoms with Crippen LogP contribution in [0.5, 0.6) is 5.75 Å². The highest BCUT2D eigenvalue weighted by molar-refractivity contribution is 7.89. The summed E-state index contributed by atoms with van der Waals surface area (Å²) in [6.45, 7) is 8.30. The number of ether oxygens (including phenoxy) is 1. The predicted octanol–water partition coefficient (Wildman–Crippen LogP) is 4.37. The molecule has 1 N–H and O–H groups in total. The Balaban J connectivity index is 1.80. The van der Waals surface area contributed by atoms with Crippen molar-refractivity contribution in [3.8, 4) is 5.75 Å². The zero-order chi connectivity index (χ0) is 21.9. The normalized spacial score (nSPS) is 11.9. The van der Waals surface area contributed by atoms with Crippen LogP contribution in [0.4, 0.5) is 5.13 Å². The van der Waals surface area contributed by atoms with Crippen molar-refractivity contribution in [1.82, 2.24) is 9.29 Å². The minimum absolute atomic E-state index is 0.0582. The first-order valence-electron chi connectivity index (χ1n) is 9.73. The lowest BCUT2D eigenvalue weighted by Gasteiger charge is -2.18. The summed E-state index contributed by atoms with van der Waals surface area (Å²) in [6, 6.07) is 11.7. The van der Waals surface area contributed by atoms with Crippen molar-refractivity contribution < 1.29 is 17.9 Å². The molecule has 2 aromatic carbocycles. The van der Waals surface area contributed by atoms with Crippen molar-refractivity contribution in [3.63, 3.8) is 0 Å². The van der Waals surface area contributed by atoms with E-state index < -0.39 is 10.0 Å². The number of thiazole rings is 1. The number of nitrogens with zero attached hydrogens (tertiary/aromatic N) is 2. The van der Waals surface area contributed by atoms with Gasteiger partial charge in [0, 0.05) is 18.7 Å². The molecule has 3 rings (SSSR count). The van der Waals surface area contributed by atoms with E-state index in [1.807, 2.05) is 13.8 Å². The minimum Gasteiger partial charge on any atom is -0.491 e. The molecule has 7 nitrogen and oxygen atoms in total. The number of hydrogen-bond donors (Lipinski definition) is 1. The number of fused-ring (bicyclic) bond motifs is 1. The van der Waals surface area contributed by atoms with Crippen molar-refractivity contribution in [2.24, 2.45) is 0 Å². The molecule has 1 amide bonds. The lowest BCUT2D eigenvalue weighted by atomic mass is 10.2. The number of aromatic nitrogens is 1. The lowest BCUT2D eigenvalue weighted by Crippen LogP contribution is -2.30. The van der Waals surface area contributed by atoms with Crippen LogP contribution in [0.3, 0.4) is 0 Å². The third-order valence-corrected chi connectivity index (χ3v) is 7.39. The fraction of sp³-hybridized carbons (Fsp3) is 0.333. The number of sulfonamides is 1. The molecule has 0 fully saturated rings. The Morgan fingerprint density at radius 2 is 1.80 bits per heavy atom. The summed E-state index contributed by atoms with van der Waals surface area (Å²) in [6.07, 6.45) is 0.0582. The van der Waals surface area contributed by atoms with E-state index in [4.69, 9.17) is 4.74 Å². The standard InChI is InChI=1S/C21H25N3O4S2/c1-5-24(6-2)30(26,27)17-11-12-18-19(13-17)29-21(22-18)23-20(25)15-7-9-16(10-8-15)28-14(3)4/h7-14H,5-6H2,1-4H3,(H,22,23,25). The van der Waals surface area contributed by atoms with Gasteiger partial charge in [-0.05, 0) is 56.3 Å². The number of hydrogen-bond acceptors (Lipinski definition) is 6. The molecule has 0 atom stereocenters. The molecule has 0 unspecified atom stereocenters. The SMILES string of the molecule is CCN(CC)S(=O)(=O)c1ccc2nc(NC(=O)c3ccc(OC(C)C)cc3)sc2c1. The van der Waals surface area contributed by atoms with Crippen molar-refractivity contribution in [3.05, 3.63) is 48.0 Å². The predicted molar refractivity (Wildman–Crippen MR) is 120 cm³/mol. The molecule has 0 spiro atoms. The number of rotatable bonds is 8. The summed E-state index contributed by atoms with van der Waals surface area (Å²) in [5.74, 6) is 0.407. The lowest BCUT2D eigenvalue weighted by molar-refractivity contribution is 0.102. The smallest absolute Gasteiger partial charge is 0.257 e. The highest BCUT2D eigenvalue weighted by Crippen LogP contribution is 2.29. The fourth-order valence-electron chi connectivity index (χ4n) is 2.96. The first kappa shape index (κ1) is 22.2. The number of amides is 1. The van der Waals surface area contributed by atoms with Crippen LogP contribution < -0.4 is 10.1 Å². The van der Waals surface area contributed by atoms with E-state index in [-0.39, 0.29) is 16.9 Å². The molecular weight excluding hydrogens is 422 g/mol. The first-order chi connectivity index (χ1) is 14.2. The summed E-state index contributed by atoms with van der Waals surface area (Å²) in [4.78, 5) is 17.1. The molecule has 30 heavy (non-hydrogen) atoms. The van der Waals surface area contributed by atoms with Crippen molar-refractivity contribution in [2.75, 3.05) is 18.4 Å². The fourth-order valence-corrected chi connectivity index (χ4v) is 5.42. The Labute approximate surface area is 180 Å². The number of carbonyl (C=O) groups is 1. The third-order valence-electron chi connectivity index (χ3n) is 4.41. The molecule has 3 aromatic rings. The summed E-state index contributed by atoms with van der Waals surface area (Å²) in [5.41, 5.74) is 1.12. The molecule has 0 aliphatic rings. The van der Waals surface area contributed by atoms with E-state index in [9.17, 15) is 13.2 Å². The van der Waals surface area contributed by atoms with Gasteiger partial charge in [0.1, 0.15) is 5.75 Å². The van der Waals surface area contributed by atoms with E-state index in [0.717, 1.165) is 0 Å². The number of carbonyl (C=O) groups excluding carboxylic acids is 1. The van der Waals surface area contributed by atoms with Gasteiger partial charge in [-0.15, -0.1) is 0 Å². The van der Waals surface area contributed by atoms with Crippen LogP contribution in [-0.2, 0) is 10.0 Å². The van der Waals surface area contributed by atoms with Crippen LogP contribution >= 0.6 is 11.3 Å². The second-order valence-electron chi connectivity index (χ2n) is 6.88. The second-order valence-corrected chi connectivity index (χ2v) is 9.85. The van der Waals surface area contributed by atoms with Gasteiger partial charge in [0.05, 0.1) is 21.2 Å². The van der Waals surface area contributed by atoms with E-state index >= 15 is 0 Å². The summed E-state index contributed by atoms with van der Waals surface area (Å²) >= 11 is 1.24. The Kier molecular flexibility index (Phi) is 6.74. The van der Waals surface area contributed by atoms with Gasteiger partial charge in [-0.1, -0.05) is 25.2 Å². The zero-order valence-corrected chi connectivity index (χ0v) is 19.0. The monoisotopic (exact) mass is 447 g/mol. The highest BCUT2D eigenvalue weighted by Gasteiger charge is 2.22. The molecule has 0 aliphatic carbocycles. The van der Waals surface area contributed by atoms with Gasteiger partial charge in [0.2, 0.25) is 10.0 Å². The van der Waals surface area contributed by atoms with E-state index in [1.54, 1.807) is 56.3 Å². The average molecular weight is 448 g/mol. The summed E-state index contributed by atoms with van der Waals surface area (Å²) in [5, 5.41) is 3.19. The van der Waals surface area contributed by atoms with Crippen molar-refractivity contribution in [2.45, 2.75) is 38.7 Å². The average Bonchev–Trinajstić information content (AvgIpc) is 3.10. The van der Waals surface area contributed by atoms with Crippen molar-refractivity contribution >= 4 is 42.6 Å².